The number of halogens is 4. The van der Waals surface area contributed by atoms with Crippen molar-refractivity contribution in [2.75, 3.05) is 11.9 Å². The third-order valence-corrected chi connectivity index (χ3v) is 5.86. The number of allylic oxidation sites excluding steroid dienone is 1. The normalized spacial score (nSPS) is 13.0. The highest BCUT2D eigenvalue weighted by Gasteiger charge is 2.19. The summed E-state index contributed by atoms with van der Waals surface area (Å²) in [5.74, 6) is -3.99. The van der Waals surface area contributed by atoms with Crippen molar-refractivity contribution in [3.8, 4) is 0 Å². The van der Waals surface area contributed by atoms with Crippen molar-refractivity contribution >= 4 is 39.9 Å². The molecule has 1 N–H and O–H groups in total. The summed E-state index contributed by atoms with van der Waals surface area (Å²) in [6.45, 7) is -0.294. The maximum Gasteiger partial charge on any atom is 0.355 e. The number of aliphatic imine (C=N–C) groups is 1. The molecule has 5 rings (SSSR count). The van der Waals surface area contributed by atoms with Crippen LogP contribution in [0.25, 0.3) is 10.9 Å². The number of rotatable bonds is 6. The van der Waals surface area contributed by atoms with Gasteiger partial charge in [0.2, 0.25) is 5.95 Å². The number of anilines is 2. The molecule has 36 heavy (non-hydrogen) atoms. The smallest absolute Gasteiger partial charge is 0.324 e. The monoisotopic (exact) mass is 515 g/mol. The summed E-state index contributed by atoms with van der Waals surface area (Å²) in [7, 11) is 1.74. The summed E-state index contributed by atoms with van der Waals surface area (Å²) in [4.78, 5) is 34.3. The molecule has 0 saturated heterocycles. The SMILES string of the molecule is Cn1cc2cc(Nc3nc(=O)n(CC4=NCC=C4)c(=O)n3Cc3cc(F)c(F)cc3F)c(Cl)cc2n1. The highest BCUT2D eigenvalue weighted by atomic mass is 35.5. The number of aromatic nitrogens is 5. The van der Waals surface area contributed by atoms with E-state index in [0.29, 0.717) is 41.0 Å². The molecular weight excluding hydrogens is 499 g/mol. The van der Waals surface area contributed by atoms with E-state index in [2.05, 4.69) is 20.4 Å². The Kier molecular flexibility index (Phi) is 5.96. The first-order valence-electron chi connectivity index (χ1n) is 10.6. The molecule has 13 heteroatoms. The van der Waals surface area contributed by atoms with Crippen LogP contribution in [-0.2, 0) is 20.1 Å². The molecule has 0 amide bonds. The zero-order valence-corrected chi connectivity index (χ0v) is 19.4. The van der Waals surface area contributed by atoms with Crippen LogP contribution in [0.4, 0.5) is 24.8 Å². The molecule has 1 aliphatic heterocycles. The molecule has 1 aliphatic rings. The largest absolute Gasteiger partial charge is 0.355 e. The van der Waals surface area contributed by atoms with Crippen LogP contribution in [0.15, 0.2) is 57.2 Å². The second kappa shape index (κ2) is 9.11. The molecule has 0 atom stereocenters. The number of benzene rings is 2. The number of hydrogen-bond donors (Lipinski definition) is 1. The number of nitrogens with zero attached hydrogens (tertiary/aromatic N) is 6. The van der Waals surface area contributed by atoms with Gasteiger partial charge in [0.05, 0.1) is 41.6 Å². The molecule has 0 saturated carbocycles. The van der Waals surface area contributed by atoms with Gasteiger partial charge in [0.15, 0.2) is 11.6 Å². The summed E-state index contributed by atoms with van der Waals surface area (Å²) < 4.78 is 45.2. The van der Waals surface area contributed by atoms with Gasteiger partial charge in [-0.05, 0) is 24.3 Å². The molecule has 0 spiro atoms. The molecule has 0 aliphatic carbocycles. The van der Waals surface area contributed by atoms with Crippen LogP contribution in [0, 0.1) is 17.5 Å². The number of fused-ring (bicyclic) bond motifs is 1. The van der Waals surface area contributed by atoms with Crippen LogP contribution in [0.5, 0.6) is 0 Å². The standard InChI is InChI=1S/C23H17ClF3N7O2/c1-32-9-13-6-20(15(24)7-19(13)31-32)29-21-30-22(35)34(11-14-3-2-4-28-14)23(36)33(21)10-12-5-17(26)18(27)8-16(12)25/h2-3,5-9H,4,10-11H2,1H3,(H,29,30,35). The second-order valence-electron chi connectivity index (χ2n) is 8.08. The van der Waals surface area contributed by atoms with Crippen molar-refractivity contribution in [1.82, 2.24) is 23.9 Å². The Morgan fingerprint density at radius 2 is 1.81 bits per heavy atom. The van der Waals surface area contributed by atoms with Crippen molar-refractivity contribution < 1.29 is 13.2 Å². The first-order chi connectivity index (χ1) is 17.2. The van der Waals surface area contributed by atoms with Crippen LogP contribution < -0.4 is 16.7 Å². The zero-order valence-electron chi connectivity index (χ0n) is 18.7. The molecule has 4 aromatic rings. The van der Waals surface area contributed by atoms with Crippen LogP contribution in [0.3, 0.4) is 0 Å². The molecule has 0 bridgehead atoms. The van der Waals surface area contributed by atoms with Crippen molar-refractivity contribution in [2.45, 2.75) is 13.1 Å². The van der Waals surface area contributed by atoms with Gasteiger partial charge in [0, 0.05) is 30.3 Å². The minimum atomic E-state index is -1.37. The van der Waals surface area contributed by atoms with Crippen molar-refractivity contribution in [1.29, 1.82) is 0 Å². The molecule has 3 heterocycles. The molecule has 184 valence electrons. The first-order valence-corrected chi connectivity index (χ1v) is 11.0. The Morgan fingerprint density at radius 1 is 1.03 bits per heavy atom. The van der Waals surface area contributed by atoms with Gasteiger partial charge in [-0.25, -0.2) is 27.3 Å². The van der Waals surface area contributed by atoms with E-state index in [1.54, 1.807) is 42.2 Å². The van der Waals surface area contributed by atoms with Crippen LogP contribution in [0.1, 0.15) is 5.56 Å². The molecule has 0 unspecified atom stereocenters. The van der Waals surface area contributed by atoms with Gasteiger partial charge < -0.3 is 5.32 Å². The first kappa shape index (κ1) is 23.5. The molecule has 2 aromatic heterocycles. The predicted molar refractivity (Wildman–Crippen MR) is 129 cm³/mol. The van der Waals surface area contributed by atoms with Crippen LogP contribution in [0.2, 0.25) is 5.02 Å². The summed E-state index contributed by atoms with van der Waals surface area (Å²) >= 11 is 6.38. The summed E-state index contributed by atoms with van der Waals surface area (Å²) in [5.41, 5.74) is -0.675. The fourth-order valence-corrected chi connectivity index (χ4v) is 4.03. The van der Waals surface area contributed by atoms with Crippen molar-refractivity contribution in [3.63, 3.8) is 0 Å². The lowest BCUT2D eigenvalue weighted by Gasteiger charge is -2.16. The second-order valence-corrected chi connectivity index (χ2v) is 8.49. The zero-order chi connectivity index (χ0) is 25.6. The van der Waals surface area contributed by atoms with E-state index in [-0.39, 0.29) is 23.1 Å². The average molecular weight is 516 g/mol. The quantitative estimate of drug-likeness (QED) is 0.398. The van der Waals surface area contributed by atoms with Gasteiger partial charge in [0.25, 0.3) is 0 Å². The highest BCUT2D eigenvalue weighted by molar-refractivity contribution is 6.34. The Labute approximate surface area is 205 Å². The third kappa shape index (κ3) is 4.42. The molecular formula is C23H17ClF3N7O2. The summed E-state index contributed by atoms with van der Waals surface area (Å²) in [6.07, 6.45) is 5.16. The molecule has 9 nitrogen and oxygen atoms in total. The lowest BCUT2D eigenvalue weighted by atomic mass is 10.2. The van der Waals surface area contributed by atoms with E-state index >= 15 is 0 Å². The highest BCUT2D eigenvalue weighted by Crippen LogP contribution is 2.29. The Morgan fingerprint density at radius 3 is 2.56 bits per heavy atom. The molecule has 0 fully saturated rings. The van der Waals surface area contributed by atoms with Gasteiger partial charge in [0.1, 0.15) is 5.82 Å². The Bertz CT molecular complexity index is 1700. The number of hydrogen-bond acceptors (Lipinski definition) is 6. The van der Waals surface area contributed by atoms with E-state index in [9.17, 15) is 22.8 Å². The van der Waals surface area contributed by atoms with E-state index < -0.39 is 35.4 Å². The van der Waals surface area contributed by atoms with E-state index in [4.69, 9.17) is 11.6 Å². The predicted octanol–water partition coefficient (Wildman–Crippen LogP) is 3.17. The minimum Gasteiger partial charge on any atom is -0.324 e. The minimum absolute atomic E-state index is 0.163. The van der Waals surface area contributed by atoms with E-state index in [0.717, 1.165) is 9.13 Å². The van der Waals surface area contributed by atoms with Gasteiger partial charge in [-0.1, -0.05) is 17.7 Å². The molecule has 0 radical (unpaired) electrons. The van der Waals surface area contributed by atoms with Crippen molar-refractivity contribution in [2.24, 2.45) is 12.0 Å². The Balaban J connectivity index is 1.64. The van der Waals surface area contributed by atoms with E-state index in [1.807, 2.05) is 0 Å². The van der Waals surface area contributed by atoms with Gasteiger partial charge >= 0.3 is 11.4 Å². The van der Waals surface area contributed by atoms with Crippen LogP contribution >= 0.6 is 11.6 Å². The summed E-state index contributed by atoms with van der Waals surface area (Å²) in [6, 6.07) is 4.26. The lowest BCUT2D eigenvalue weighted by molar-refractivity contribution is 0.486. The maximum absolute atomic E-state index is 14.5. The average Bonchev–Trinajstić information content (AvgIpc) is 3.46. The molecule has 2 aromatic carbocycles. The van der Waals surface area contributed by atoms with Crippen LogP contribution in [-0.4, -0.2) is 36.2 Å². The number of aryl methyl sites for hydroxylation is 1. The van der Waals surface area contributed by atoms with Crippen molar-refractivity contribution in [3.05, 3.63) is 91.6 Å². The van der Waals surface area contributed by atoms with E-state index in [1.165, 1.54) is 0 Å². The van der Waals surface area contributed by atoms with Gasteiger partial charge in [-0.2, -0.15) is 10.1 Å². The lowest BCUT2D eigenvalue weighted by Crippen LogP contribution is -2.44. The maximum atomic E-state index is 14.5. The Hall–Kier alpha value is -4.19. The summed E-state index contributed by atoms with van der Waals surface area (Å²) in [5, 5.41) is 8.04. The third-order valence-electron chi connectivity index (χ3n) is 5.55. The van der Waals surface area contributed by atoms with Gasteiger partial charge in [-0.3, -0.25) is 14.2 Å². The fourth-order valence-electron chi connectivity index (χ4n) is 3.82. The number of nitrogens with one attached hydrogen (secondary N) is 1. The topological polar surface area (TPSA) is 99.1 Å². The van der Waals surface area contributed by atoms with Gasteiger partial charge in [-0.15, -0.1) is 0 Å². The fraction of sp³-hybridized carbons (Fsp3) is 0.174.